The molecule has 21 heavy (non-hydrogen) atoms. The molecule has 0 saturated heterocycles. The number of methoxy groups -OCH3 is 1. The fourth-order valence-electron chi connectivity index (χ4n) is 2.09. The van der Waals surface area contributed by atoms with Gasteiger partial charge in [0, 0.05) is 12.6 Å². The molecule has 3 N–H and O–H groups in total. The molecule has 0 unspecified atom stereocenters. The van der Waals surface area contributed by atoms with Crippen LogP contribution in [0, 0.1) is 0 Å². The smallest absolute Gasteiger partial charge is 0.332 e. The van der Waals surface area contributed by atoms with E-state index >= 15 is 0 Å². The van der Waals surface area contributed by atoms with Gasteiger partial charge in [0.1, 0.15) is 11.6 Å². The van der Waals surface area contributed by atoms with Crippen LogP contribution in [0.5, 0.6) is 5.75 Å². The van der Waals surface area contributed by atoms with Crippen LogP contribution in [0.3, 0.4) is 0 Å². The van der Waals surface area contributed by atoms with Gasteiger partial charge in [-0.2, -0.15) is 0 Å². The monoisotopic (exact) mass is 290 g/mol. The van der Waals surface area contributed by atoms with Crippen LogP contribution in [-0.4, -0.2) is 16.2 Å². The fraction of sp³-hybridized carbons (Fsp3) is 0.286. The molecule has 1 aromatic carbocycles. The van der Waals surface area contributed by atoms with Crippen LogP contribution in [0.25, 0.3) is 0 Å². The van der Waals surface area contributed by atoms with Gasteiger partial charge in [-0.3, -0.25) is 13.9 Å². The van der Waals surface area contributed by atoms with Gasteiger partial charge in [0.2, 0.25) is 0 Å². The lowest BCUT2D eigenvalue weighted by Gasteiger charge is -2.14. The summed E-state index contributed by atoms with van der Waals surface area (Å²) in [6.07, 6.45) is 0. The minimum Gasteiger partial charge on any atom is -0.497 e. The zero-order valence-corrected chi connectivity index (χ0v) is 12.0. The van der Waals surface area contributed by atoms with Gasteiger partial charge in [-0.1, -0.05) is 12.1 Å². The number of aromatic nitrogens is 2. The molecule has 1 heterocycles. The van der Waals surface area contributed by atoms with Gasteiger partial charge < -0.3 is 10.2 Å². The Morgan fingerprint density at radius 1 is 1.19 bits per heavy atom. The molecule has 2 aromatic rings. The number of hydrazine groups is 1. The minimum atomic E-state index is -0.395. The summed E-state index contributed by atoms with van der Waals surface area (Å²) in [6, 6.07) is 8.64. The second-order valence-corrected chi connectivity index (χ2v) is 4.47. The molecule has 112 valence electrons. The van der Waals surface area contributed by atoms with E-state index in [1.807, 2.05) is 24.3 Å². The number of rotatable bonds is 5. The minimum absolute atomic E-state index is 0.283. The highest BCUT2D eigenvalue weighted by molar-refractivity contribution is 5.34. The number of nitrogen functional groups attached to an aromatic ring is 1. The van der Waals surface area contributed by atoms with Crippen molar-refractivity contribution in [2.45, 2.75) is 20.0 Å². The molecule has 7 nitrogen and oxygen atoms in total. The normalized spacial score (nSPS) is 10.4. The van der Waals surface area contributed by atoms with Gasteiger partial charge in [0.25, 0.3) is 5.56 Å². The summed E-state index contributed by atoms with van der Waals surface area (Å²) in [4.78, 5) is 24.1. The average molecular weight is 290 g/mol. The second kappa shape index (κ2) is 6.27. The summed E-state index contributed by atoms with van der Waals surface area (Å²) < 4.78 is 7.67. The summed E-state index contributed by atoms with van der Waals surface area (Å²) in [6.45, 7) is 2.36. The first-order valence-electron chi connectivity index (χ1n) is 6.55. The van der Waals surface area contributed by atoms with E-state index in [9.17, 15) is 9.59 Å². The van der Waals surface area contributed by atoms with Crippen LogP contribution in [0.15, 0.2) is 39.9 Å². The van der Waals surface area contributed by atoms with Crippen LogP contribution in [-0.2, 0) is 13.1 Å². The van der Waals surface area contributed by atoms with E-state index in [4.69, 9.17) is 10.6 Å². The molecule has 0 atom stereocenters. The number of nitrogens with one attached hydrogen (secondary N) is 1. The average Bonchev–Trinajstić information content (AvgIpc) is 2.51. The standard InChI is InChI=1S/C14H18N4O3/c1-3-17-13(19)8-12(16-15)18(14(17)20)9-10-4-6-11(21-2)7-5-10/h4-8,16H,3,9,15H2,1-2H3. The molecule has 0 fully saturated rings. The predicted molar refractivity (Wildman–Crippen MR) is 80.5 cm³/mol. The molecular weight excluding hydrogens is 272 g/mol. The molecule has 2 rings (SSSR count). The summed E-state index contributed by atoms with van der Waals surface area (Å²) in [5.74, 6) is 6.42. The molecule has 0 aliphatic carbocycles. The van der Waals surface area contributed by atoms with Crippen molar-refractivity contribution in [3.8, 4) is 5.75 Å². The molecule has 1 aromatic heterocycles. The first-order chi connectivity index (χ1) is 10.1. The highest BCUT2D eigenvalue weighted by atomic mass is 16.5. The van der Waals surface area contributed by atoms with Crippen molar-refractivity contribution >= 4 is 5.82 Å². The summed E-state index contributed by atoms with van der Waals surface area (Å²) in [7, 11) is 1.59. The van der Waals surface area contributed by atoms with Crippen LogP contribution in [0.1, 0.15) is 12.5 Å². The third kappa shape index (κ3) is 2.97. The topological polar surface area (TPSA) is 91.3 Å². The van der Waals surface area contributed by atoms with E-state index in [0.717, 1.165) is 15.9 Å². The maximum absolute atomic E-state index is 12.3. The molecule has 0 radical (unpaired) electrons. The Kier molecular flexibility index (Phi) is 4.44. The Bertz CT molecular complexity index is 731. The number of hydrogen-bond donors (Lipinski definition) is 2. The van der Waals surface area contributed by atoms with Gasteiger partial charge in [-0.25, -0.2) is 10.6 Å². The SMILES string of the molecule is CCn1c(=O)cc(NN)n(Cc2ccc(OC)cc2)c1=O. The maximum atomic E-state index is 12.3. The number of anilines is 1. The predicted octanol–water partition coefficient (Wildman–Crippen LogP) is 0.372. The van der Waals surface area contributed by atoms with Crippen LogP contribution in [0.4, 0.5) is 5.82 Å². The number of nitrogens with two attached hydrogens (primary N) is 1. The molecule has 0 bridgehead atoms. The Morgan fingerprint density at radius 3 is 2.38 bits per heavy atom. The molecule has 0 saturated carbocycles. The van der Waals surface area contributed by atoms with E-state index < -0.39 is 5.69 Å². The lowest BCUT2D eigenvalue weighted by molar-refractivity contribution is 0.414. The van der Waals surface area contributed by atoms with Crippen molar-refractivity contribution < 1.29 is 4.74 Å². The third-order valence-electron chi connectivity index (χ3n) is 3.24. The zero-order chi connectivity index (χ0) is 15.4. The van der Waals surface area contributed by atoms with Crippen molar-refractivity contribution in [2.75, 3.05) is 12.5 Å². The van der Waals surface area contributed by atoms with E-state index in [1.54, 1.807) is 14.0 Å². The van der Waals surface area contributed by atoms with E-state index in [1.165, 1.54) is 10.6 Å². The Morgan fingerprint density at radius 2 is 1.86 bits per heavy atom. The molecule has 0 aliphatic rings. The van der Waals surface area contributed by atoms with Crippen molar-refractivity contribution in [1.29, 1.82) is 0 Å². The Balaban J connectivity index is 2.47. The molecular formula is C14H18N4O3. The molecule has 7 heteroatoms. The number of hydrogen-bond acceptors (Lipinski definition) is 5. The number of ether oxygens (including phenoxy) is 1. The van der Waals surface area contributed by atoms with Gasteiger partial charge in [-0.15, -0.1) is 0 Å². The Hall–Kier alpha value is -2.54. The van der Waals surface area contributed by atoms with Gasteiger partial charge in [-0.05, 0) is 24.6 Å². The molecule has 0 amide bonds. The van der Waals surface area contributed by atoms with Crippen LogP contribution >= 0.6 is 0 Å². The summed E-state index contributed by atoms with van der Waals surface area (Å²) in [5, 5.41) is 0. The zero-order valence-electron chi connectivity index (χ0n) is 12.0. The Labute approximate surface area is 121 Å². The van der Waals surface area contributed by atoms with E-state index in [-0.39, 0.29) is 11.4 Å². The molecule has 0 spiro atoms. The third-order valence-corrected chi connectivity index (χ3v) is 3.24. The van der Waals surface area contributed by atoms with Crippen molar-refractivity contribution in [2.24, 2.45) is 5.84 Å². The van der Waals surface area contributed by atoms with E-state index in [0.29, 0.717) is 13.1 Å². The van der Waals surface area contributed by atoms with Gasteiger partial charge >= 0.3 is 5.69 Å². The molecule has 0 aliphatic heterocycles. The summed E-state index contributed by atoms with van der Waals surface area (Å²) in [5.41, 5.74) is 2.53. The van der Waals surface area contributed by atoms with Crippen molar-refractivity contribution in [3.63, 3.8) is 0 Å². The highest BCUT2D eigenvalue weighted by Crippen LogP contribution is 2.13. The first-order valence-corrected chi connectivity index (χ1v) is 6.55. The quantitative estimate of drug-likeness (QED) is 0.613. The second-order valence-electron chi connectivity index (χ2n) is 4.47. The van der Waals surface area contributed by atoms with E-state index in [2.05, 4.69) is 5.43 Å². The maximum Gasteiger partial charge on any atom is 0.332 e. The highest BCUT2D eigenvalue weighted by Gasteiger charge is 2.10. The lowest BCUT2D eigenvalue weighted by atomic mass is 10.2. The van der Waals surface area contributed by atoms with Crippen molar-refractivity contribution in [3.05, 3.63) is 56.7 Å². The first kappa shape index (κ1) is 14.9. The fourth-order valence-corrected chi connectivity index (χ4v) is 2.09. The largest absolute Gasteiger partial charge is 0.497 e. The van der Waals surface area contributed by atoms with Crippen LogP contribution < -0.4 is 27.3 Å². The lowest BCUT2D eigenvalue weighted by Crippen LogP contribution is -2.40. The van der Waals surface area contributed by atoms with Crippen LogP contribution in [0.2, 0.25) is 0 Å². The summed E-state index contributed by atoms with van der Waals surface area (Å²) >= 11 is 0. The number of nitrogens with zero attached hydrogens (tertiary/aromatic N) is 2. The van der Waals surface area contributed by atoms with Crippen molar-refractivity contribution in [1.82, 2.24) is 9.13 Å². The van der Waals surface area contributed by atoms with Gasteiger partial charge in [0.15, 0.2) is 0 Å². The number of benzene rings is 1. The van der Waals surface area contributed by atoms with Gasteiger partial charge in [0.05, 0.1) is 13.7 Å².